The summed E-state index contributed by atoms with van der Waals surface area (Å²) in [6.07, 6.45) is 21.3. The molecule has 1 fully saturated rings. The Morgan fingerprint density at radius 2 is 1.94 bits per heavy atom. The average Bonchev–Trinajstić information content (AvgIpc) is 2.79. The molecule has 0 bridgehead atoms. The molecule has 1 saturated heterocycles. The lowest BCUT2D eigenvalue weighted by molar-refractivity contribution is 0.0696. The number of nitrogens with zero attached hydrogens (tertiary/aromatic N) is 1. The van der Waals surface area contributed by atoms with Gasteiger partial charge in [-0.05, 0) is 69.1 Å². The summed E-state index contributed by atoms with van der Waals surface area (Å²) in [6.45, 7) is 13.3. The van der Waals surface area contributed by atoms with Gasteiger partial charge in [0.1, 0.15) is 0 Å². The number of hydrogen-bond acceptors (Lipinski definition) is 2. The maximum Gasteiger partial charge on any atom is 0.0434 e. The predicted molar refractivity (Wildman–Crippen MR) is 143 cm³/mol. The summed E-state index contributed by atoms with van der Waals surface area (Å²) in [5.41, 5.74) is 6.41. The summed E-state index contributed by atoms with van der Waals surface area (Å²) in [7, 11) is 0. The second-order valence-corrected chi connectivity index (χ2v) is 9.66. The predicted octanol–water partition coefficient (Wildman–Crippen LogP) is 7.05. The SMILES string of the molecule is C=C/C=C(\C=C/CC1CN(C(C)C)C1)C(=C(/CCCO)C1C=CC=CC1)/c1ccc(C)cc1. The van der Waals surface area contributed by atoms with E-state index in [9.17, 15) is 5.11 Å². The molecular formula is C31H41NO. The number of aliphatic hydroxyl groups is 1. The Morgan fingerprint density at radius 3 is 2.55 bits per heavy atom. The van der Waals surface area contributed by atoms with Gasteiger partial charge in [-0.15, -0.1) is 0 Å². The van der Waals surface area contributed by atoms with Crippen LogP contribution in [0.3, 0.4) is 0 Å². The molecule has 0 aromatic heterocycles. The monoisotopic (exact) mass is 443 g/mol. The molecule has 1 atom stereocenters. The van der Waals surface area contributed by atoms with Crippen LogP contribution in [0, 0.1) is 18.8 Å². The van der Waals surface area contributed by atoms with Gasteiger partial charge in [0.2, 0.25) is 0 Å². The number of benzene rings is 1. The van der Waals surface area contributed by atoms with Crippen molar-refractivity contribution in [2.24, 2.45) is 11.8 Å². The lowest BCUT2D eigenvalue weighted by Crippen LogP contribution is -2.49. The Bertz CT molecular complexity index is 920. The molecule has 2 nitrogen and oxygen atoms in total. The van der Waals surface area contributed by atoms with Gasteiger partial charge >= 0.3 is 0 Å². The topological polar surface area (TPSA) is 23.5 Å². The molecule has 0 saturated carbocycles. The number of allylic oxidation sites excluding steroid dienone is 11. The Kier molecular flexibility index (Phi) is 9.72. The molecule has 1 aromatic carbocycles. The molecule has 1 aliphatic carbocycles. The van der Waals surface area contributed by atoms with Crippen molar-refractivity contribution in [3.8, 4) is 0 Å². The molecule has 0 radical (unpaired) electrons. The van der Waals surface area contributed by atoms with Gasteiger partial charge in [-0.3, -0.25) is 0 Å². The van der Waals surface area contributed by atoms with Gasteiger partial charge in [0.15, 0.2) is 0 Å². The zero-order valence-electron chi connectivity index (χ0n) is 20.7. The number of hydrogen-bond donors (Lipinski definition) is 1. The van der Waals surface area contributed by atoms with Gasteiger partial charge in [-0.2, -0.15) is 0 Å². The van der Waals surface area contributed by atoms with E-state index >= 15 is 0 Å². The minimum Gasteiger partial charge on any atom is -0.396 e. The average molecular weight is 444 g/mol. The second kappa shape index (κ2) is 12.7. The normalized spacial score (nSPS) is 20.4. The summed E-state index contributed by atoms with van der Waals surface area (Å²) >= 11 is 0. The molecule has 33 heavy (non-hydrogen) atoms. The van der Waals surface area contributed by atoms with Crippen molar-refractivity contribution in [2.75, 3.05) is 19.7 Å². The van der Waals surface area contributed by atoms with Gasteiger partial charge < -0.3 is 10.0 Å². The van der Waals surface area contributed by atoms with Crippen LogP contribution in [0.2, 0.25) is 0 Å². The lowest BCUT2D eigenvalue weighted by atomic mass is 9.81. The van der Waals surface area contributed by atoms with Crippen LogP contribution < -0.4 is 0 Å². The van der Waals surface area contributed by atoms with E-state index in [1.807, 2.05) is 6.08 Å². The van der Waals surface area contributed by atoms with Gasteiger partial charge in [-0.1, -0.05) is 90.6 Å². The van der Waals surface area contributed by atoms with Gasteiger partial charge in [0, 0.05) is 31.7 Å². The van der Waals surface area contributed by atoms with E-state index in [1.54, 1.807) is 0 Å². The van der Waals surface area contributed by atoms with Gasteiger partial charge in [-0.25, -0.2) is 0 Å². The number of aliphatic hydroxyl groups excluding tert-OH is 1. The molecule has 1 aliphatic heterocycles. The Balaban J connectivity index is 1.97. The molecule has 1 unspecified atom stereocenters. The summed E-state index contributed by atoms with van der Waals surface area (Å²) < 4.78 is 0. The maximum absolute atomic E-state index is 9.64. The first-order valence-electron chi connectivity index (χ1n) is 12.5. The van der Waals surface area contributed by atoms with E-state index < -0.39 is 0 Å². The van der Waals surface area contributed by atoms with Crippen molar-refractivity contribution < 1.29 is 5.11 Å². The number of rotatable bonds is 11. The minimum absolute atomic E-state index is 0.210. The molecule has 0 amide bonds. The van der Waals surface area contributed by atoms with Crippen LogP contribution in [-0.4, -0.2) is 35.7 Å². The zero-order valence-corrected chi connectivity index (χ0v) is 20.7. The first-order valence-corrected chi connectivity index (χ1v) is 12.5. The Hall–Kier alpha value is -2.42. The third-order valence-electron chi connectivity index (χ3n) is 6.76. The van der Waals surface area contributed by atoms with Crippen LogP contribution in [-0.2, 0) is 0 Å². The smallest absolute Gasteiger partial charge is 0.0434 e. The van der Waals surface area contributed by atoms with Crippen molar-refractivity contribution in [3.63, 3.8) is 0 Å². The summed E-state index contributed by atoms with van der Waals surface area (Å²) in [5, 5.41) is 9.64. The van der Waals surface area contributed by atoms with Crippen LogP contribution >= 0.6 is 0 Å². The third-order valence-corrected chi connectivity index (χ3v) is 6.76. The number of aryl methyl sites for hydroxylation is 1. The van der Waals surface area contributed by atoms with E-state index in [-0.39, 0.29) is 6.61 Å². The van der Waals surface area contributed by atoms with Crippen molar-refractivity contribution in [1.29, 1.82) is 0 Å². The summed E-state index contributed by atoms with van der Waals surface area (Å²) in [6, 6.07) is 9.51. The molecule has 2 aliphatic rings. The fourth-order valence-electron chi connectivity index (χ4n) is 4.78. The zero-order chi connectivity index (χ0) is 23.6. The highest BCUT2D eigenvalue weighted by atomic mass is 16.2. The van der Waals surface area contributed by atoms with Crippen molar-refractivity contribution in [1.82, 2.24) is 4.90 Å². The quantitative estimate of drug-likeness (QED) is 0.370. The molecule has 1 N–H and O–H groups in total. The van der Waals surface area contributed by atoms with Gasteiger partial charge in [0.05, 0.1) is 0 Å². The molecule has 176 valence electrons. The van der Waals surface area contributed by atoms with E-state index in [0.29, 0.717) is 12.0 Å². The first kappa shape index (κ1) is 25.2. The second-order valence-electron chi connectivity index (χ2n) is 9.66. The summed E-state index contributed by atoms with van der Waals surface area (Å²) in [4.78, 5) is 2.53. The van der Waals surface area contributed by atoms with Crippen LogP contribution in [0.1, 0.15) is 50.7 Å². The molecule has 1 aromatic rings. The van der Waals surface area contributed by atoms with Crippen molar-refractivity contribution >= 4 is 5.57 Å². The van der Waals surface area contributed by atoms with Crippen molar-refractivity contribution in [2.45, 2.75) is 52.5 Å². The van der Waals surface area contributed by atoms with E-state index in [4.69, 9.17) is 0 Å². The third kappa shape index (κ3) is 7.03. The van der Waals surface area contributed by atoms with E-state index in [2.05, 4.69) is 99.0 Å². The van der Waals surface area contributed by atoms with E-state index in [0.717, 1.165) is 31.6 Å². The van der Waals surface area contributed by atoms with Crippen LogP contribution in [0.4, 0.5) is 0 Å². The fraction of sp³-hybridized carbons (Fsp3) is 0.419. The number of likely N-dealkylation sites (tertiary alicyclic amines) is 1. The highest BCUT2D eigenvalue weighted by Gasteiger charge is 2.27. The molecule has 3 rings (SSSR count). The maximum atomic E-state index is 9.64. The Morgan fingerprint density at radius 1 is 1.18 bits per heavy atom. The lowest BCUT2D eigenvalue weighted by Gasteiger charge is -2.41. The fourth-order valence-corrected chi connectivity index (χ4v) is 4.78. The minimum atomic E-state index is 0.210. The van der Waals surface area contributed by atoms with Crippen molar-refractivity contribution in [3.05, 3.63) is 102 Å². The Labute approximate surface area is 201 Å². The highest BCUT2D eigenvalue weighted by molar-refractivity contribution is 5.85. The molecule has 2 heteroatoms. The molecule has 0 spiro atoms. The van der Waals surface area contributed by atoms with E-state index in [1.165, 1.54) is 40.9 Å². The largest absolute Gasteiger partial charge is 0.396 e. The standard InChI is InChI=1S/C31H41NO/c1-5-11-28(15-9-12-26-22-32(23-26)24(2)3)31(29-19-17-25(4)18-20-29)30(16-10-21-33)27-13-7-6-8-14-27/h5-9,11,13,15,17-20,24,26-27,33H,1,10,12,14,16,21-23H2,2-4H3/b15-9-,28-11+,31-30+. The summed E-state index contributed by atoms with van der Waals surface area (Å²) in [5.74, 6) is 1.10. The van der Waals surface area contributed by atoms with Crippen LogP contribution in [0.15, 0.2) is 90.6 Å². The molecule has 1 heterocycles. The van der Waals surface area contributed by atoms with Crippen LogP contribution in [0.25, 0.3) is 5.57 Å². The van der Waals surface area contributed by atoms with Gasteiger partial charge in [0.25, 0.3) is 0 Å². The van der Waals surface area contributed by atoms with Crippen LogP contribution in [0.5, 0.6) is 0 Å². The molecular weight excluding hydrogens is 402 g/mol. The highest BCUT2D eigenvalue weighted by Crippen LogP contribution is 2.37. The first-order chi connectivity index (χ1) is 16.0.